The lowest BCUT2D eigenvalue weighted by Crippen LogP contribution is -2.28. The van der Waals surface area contributed by atoms with Gasteiger partial charge < -0.3 is 4.57 Å². The zero-order valence-corrected chi connectivity index (χ0v) is 14.4. The van der Waals surface area contributed by atoms with E-state index in [0.717, 1.165) is 19.3 Å². The van der Waals surface area contributed by atoms with Gasteiger partial charge in [-0.25, -0.2) is 4.68 Å². The number of rotatable bonds is 3. The molecule has 7 nitrogen and oxygen atoms in total. The van der Waals surface area contributed by atoms with E-state index in [0.29, 0.717) is 16.7 Å². The highest BCUT2D eigenvalue weighted by Crippen LogP contribution is 2.36. The normalized spacial score (nSPS) is 14.6. The molecule has 1 aliphatic carbocycles. The van der Waals surface area contributed by atoms with Gasteiger partial charge in [-0.2, -0.15) is 5.10 Å². The van der Waals surface area contributed by atoms with Crippen LogP contribution in [0.25, 0.3) is 16.7 Å². The van der Waals surface area contributed by atoms with Crippen molar-refractivity contribution < 1.29 is 4.92 Å². The third-order valence-corrected chi connectivity index (χ3v) is 5.11. The summed E-state index contributed by atoms with van der Waals surface area (Å²) < 4.78 is 3.26. The van der Waals surface area contributed by atoms with E-state index >= 15 is 0 Å². The van der Waals surface area contributed by atoms with Crippen molar-refractivity contribution in [3.05, 3.63) is 61.0 Å². The fourth-order valence-corrected chi connectivity index (χ4v) is 3.74. The highest BCUT2D eigenvalue weighted by atomic mass is 35.5. The van der Waals surface area contributed by atoms with Crippen molar-refractivity contribution in [2.75, 3.05) is 0 Å². The molecule has 0 amide bonds. The summed E-state index contributed by atoms with van der Waals surface area (Å²) >= 11 is 12.4. The average molecular weight is 379 g/mol. The topological polar surface area (TPSA) is 83.0 Å². The molecule has 2 aromatic heterocycles. The summed E-state index contributed by atoms with van der Waals surface area (Å²) in [6.07, 6.45) is 4.62. The summed E-state index contributed by atoms with van der Waals surface area (Å²) in [7, 11) is 0. The van der Waals surface area contributed by atoms with Crippen LogP contribution in [0.5, 0.6) is 0 Å². The van der Waals surface area contributed by atoms with Gasteiger partial charge >= 0.3 is 0 Å². The standard InChI is InChI=1S/C16H12Cl2N4O3/c17-11-6-10(22(24)25)7-12(18)16(11)21-13-4-5-15(23)20(9-2-1-3-9)14(13)8-19-21/h4-9H,1-3H2. The first-order valence-electron chi connectivity index (χ1n) is 7.70. The Hall–Kier alpha value is -2.38. The Bertz CT molecular complexity index is 1050. The summed E-state index contributed by atoms with van der Waals surface area (Å²) in [5, 5.41) is 15.5. The quantitative estimate of drug-likeness (QED) is 0.506. The molecule has 0 radical (unpaired) electrons. The second kappa shape index (κ2) is 5.86. The van der Waals surface area contributed by atoms with E-state index in [1.54, 1.807) is 16.8 Å². The Morgan fingerprint density at radius 2 is 1.84 bits per heavy atom. The largest absolute Gasteiger partial charge is 0.302 e. The molecule has 0 unspecified atom stereocenters. The van der Waals surface area contributed by atoms with Crippen LogP contribution in [0.2, 0.25) is 10.0 Å². The van der Waals surface area contributed by atoms with Crippen LogP contribution in [-0.2, 0) is 0 Å². The molecule has 0 N–H and O–H groups in total. The molecule has 0 spiro atoms. The molecule has 0 bridgehead atoms. The van der Waals surface area contributed by atoms with Crippen LogP contribution in [-0.4, -0.2) is 19.3 Å². The highest BCUT2D eigenvalue weighted by molar-refractivity contribution is 6.38. The molecule has 3 aromatic rings. The molecule has 25 heavy (non-hydrogen) atoms. The highest BCUT2D eigenvalue weighted by Gasteiger charge is 2.24. The average Bonchev–Trinajstić information content (AvgIpc) is 2.91. The third-order valence-electron chi connectivity index (χ3n) is 4.53. The van der Waals surface area contributed by atoms with Crippen molar-refractivity contribution >= 4 is 39.9 Å². The summed E-state index contributed by atoms with van der Waals surface area (Å²) in [5.41, 5.74) is 1.45. The van der Waals surface area contributed by atoms with E-state index in [4.69, 9.17) is 23.2 Å². The van der Waals surface area contributed by atoms with Gasteiger partial charge in [-0.1, -0.05) is 23.2 Å². The lowest BCUT2D eigenvalue weighted by molar-refractivity contribution is -0.384. The van der Waals surface area contributed by atoms with E-state index in [1.807, 2.05) is 0 Å². The molecule has 9 heteroatoms. The number of nitrogens with zero attached hydrogens (tertiary/aromatic N) is 4. The van der Waals surface area contributed by atoms with E-state index in [9.17, 15) is 14.9 Å². The van der Waals surface area contributed by atoms with Crippen molar-refractivity contribution in [2.45, 2.75) is 25.3 Å². The lowest BCUT2D eigenvalue weighted by atomic mass is 9.92. The number of fused-ring (bicyclic) bond motifs is 1. The van der Waals surface area contributed by atoms with Crippen LogP contribution in [0.4, 0.5) is 5.69 Å². The fraction of sp³-hybridized carbons (Fsp3) is 0.250. The van der Waals surface area contributed by atoms with Crippen LogP contribution >= 0.6 is 23.2 Å². The van der Waals surface area contributed by atoms with Gasteiger partial charge in [0.15, 0.2) is 0 Å². The maximum absolute atomic E-state index is 12.3. The molecule has 1 fully saturated rings. The minimum atomic E-state index is -0.559. The molecule has 128 valence electrons. The molecule has 0 atom stereocenters. The van der Waals surface area contributed by atoms with E-state index < -0.39 is 4.92 Å². The van der Waals surface area contributed by atoms with Crippen LogP contribution in [0.3, 0.4) is 0 Å². The first kappa shape index (κ1) is 16.1. The molecular weight excluding hydrogens is 367 g/mol. The van der Waals surface area contributed by atoms with Crippen LogP contribution in [0.1, 0.15) is 25.3 Å². The number of hydrogen-bond donors (Lipinski definition) is 0. The maximum Gasteiger partial charge on any atom is 0.272 e. The number of benzene rings is 1. The van der Waals surface area contributed by atoms with Gasteiger partial charge in [-0.05, 0) is 25.3 Å². The number of halogens is 2. The van der Waals surface area contributed by atoms with Gasteiger partial charge in [0.05, 0.1) is 32.2 Å². The number of nitro groups is 1. The Morgan fingerprint density at radius 1 is 1.16 bits per heavy atom. The first-order valence-corrected chi connectivity index (χ1v) is 8.46. The zero-order valence-electron chi connectivity index (χ0n) is 12.9. The van der Waals surface area contributed by atoms with Crippen LogP contribution in [0.15, 0.2) is 35.3 Å². The SMILES string of the molecule is O=c1ccc2c(cnn2-c2c(Cl)cc([N+](=O)[O-])cc2Cl)n1C1CCC1. The molecule has 1 saturated carbocycles. The monoisotopic (exact) mass is 378 g/mol. The molecular formula is C16H12Cl2N4O3. The number of non-ortho nitro benzene ring substituents is 1. The number of hydrogen-bond acceptors (Lipinski definition) is 4. The predicted molar refractivity (Wildman–Crippen MR) is 94.9 cm³/mol. The number of pyridine rings is 1. The number of nitro benzene ring substituents is 1. The number of aromatic nitrogens is 3. The molecule has 2 heterocycles. The zero-order chi connectivity index (χ0) is 17.7. The van der Waals surface area contributed by atoms with Crippen LogP contribution in [0, 0.1) is 10.1 Å². The Kier molecular flexibility index (Phi) is 3.77. The smallest absolute Gasteiger partial charge is 0.272 e. The predicted octanol–water partition coefficient (Wildman–Crippen LogP) is 4.13. The van der Waals surface area contributed by atoms with E-state index in [2.05, 4.69) is 5.10 Å². The van der Waals surface area contributed by atoms with Gasteiger partial charge in [-0.15, -0.1) is 0 Å². The Balaban J connectivity index is 1.94. The second-order valence-electron chi connectivity index (χ2n) is 5.97. The van der Waals surface area contributed by atoms with E-state index in [-0.39, 0.29) is 27.3 Å². The molecule has 1 aromatic carbocycles. The van der Waals surface area contributed by atoms with Gasteiger partial charge in [0.1, 0.15) is 5.69 Å². The fourth-order valence-electron chi connectivity index (χ4n) is 3.10. The third kappa shape index (κ3) is 2.51. The van der Waals surface area contributed by atoms with Gasteiger partial charge in [0.25, 0.3) is 11.2 Å². The minimum absolute atomic E-state index is 0.0716. The lowest BCUT2D eigenvalue weighted by Gasteiger charge is -2.28. The van der Waals surface area contributed by atoms with E-state index in [1.165, 1.54) is 22.9 Å². The van der Waals surface area contributed by atoms with Crippen LogP contribution < -0.4 is 5.56 Å². The molecule has 0 saturated heterocycles. The van der Waals surface area contributed by atoms with Crippen molar-refractivity contribution in [3.8, 4) is 5.69 Å². The summed E-state index contributed by atoms with van der Waals surface area (Å²) in [4.78, 5) is 22.6. The Morgan fingerprint density at radius 3 is 2.40 bits per heavy atom. The van der Waals surface area contributed by atoms with Gasteiger partial charge in [-0.3, -0.25) is 14.9 Å². The molecule has 4 rings (SSSR count). The summed E-state index contributed by atoms with van der Waals surface area (Å²) in [6.45, 7) is 0. The minimum Gasteiger partial charge on any atom is -0.302 e. The second-order valence-corrected chi connectivity index (χ2v) is 6.78. The van der Waals surface area contributed by atoms with Gasteiger partial charge in [0, 0.05) is 24.2 Å². The summed E-state index contributed by atoms with van der Waals surface area (Å²) in [5.74, 6) is 0. The van der Waals surface area contributed by atoms with Crippen molar-refractivity contribution in [3.63, 3.8) is 0 Å². The molecule has 1 aliphatic rings. The first-order chi connectivity index (χ1) is 12.0. The molecule has 0 aliphatic heterocycles. The maximum atomic E-state index is 12.3. The van der Waals surface area contributed by atoms with Crippen molar-refractivity contribution in [1.29, 1.82) is 0 Å². The van der Waals surface area contributed by atoms with Crippen molar-refractivity contribution in [1.82, 2.24) is 14.3 Å². The van der Waals surface area contributed by atoms with Gasteiger partial charge in [0.2, 0.25) is 0 Å². The van der Waals surface area contributed by atoms with Crippen molar-refractivity contribution in [2.24, 2.45) is 0 Å². The summed E-state index contributed by atoms with van der Waals surface area (Å²) in [6, 6.07) is 5.80. The Labute approximate surface area is 151 Å².